The number of nitrogens with two attached hydrogens (primary N) is 1. The molecule has 98 valence electrons. The molecule has 0 saturated heterocycles. The molecule has 0 aliphatic carbocycles. The van der Waals surface area contributed by atoms with E-state index in [9.17, 15) is 0 Å². The zero-order chi connectivity index (χ0) is 13.1. The third-order valence-corrected chi connectivity index (χ3v) is 4.18. The van der Waals surface area contributed by atoms with Crippen molar-refractivity contribution >= 4 is 27.4 Å². The maximum Gasteiger partial charge on any atom is 0.140 e. The Morgan fingerprint density at radius 3 is 2.89 bits per heavy atom. The van der Waals surface area contributed by atoms with Crippen molar-refractivity contribution in [1.29, 1.82) is 0 Å². The van der Waals surface area contributed by atoms with Gasteiger partial charge in [0.05, 0.1) is 5.39 Å². The summed E-state index contributed by atoms with van der Waals surface area (Å²) >= 11 is 1.75. The van der Waals surface area contributed by atoms with Gasteiger partial charge in [-0.15, -0.1) is 11.3 Å². The van der Waals surface area contributed by atoms with E-state index in [1.54, 1.807) is 17.7 Å². The summed E-state index contributed by atoms with van der Waals surface area (Å²) < 4.78 is 0. The molecular weight excluding hydrogens is 244 g/mol. The average molecular weight is 264 g/mol. The Hall–Kier alpha value is -1.20. The highest BCUT2D eigenvalue weighted by Crippen LogP contribution is 2.29. The van der Waals surface area contributed by atoms with Crippen LogP contribution >= 0.6 is 11.3 Å². The first-order valence-electron chi connectivity index (χ1n) is 6.32. The van der Waals surface area contributed by atoms with Crippen LogP contribution in [0.25, 0.3) is 10.2 Å². The van der Waals surface area contributed by atoms with E-state index in [2.05, 4.69) is 34.9 Å². The minimum atomic E-state index is 0.221. The largest absolute Gasteiger partial charge is 0.359 e. The first kappa shape index (κ1) is 13.2. The van der Waals surface area contributed by atoms with E-state index in [0.29, 0.717) is 0 Å². The van der Waals surface area contributed by atoms with Crippen LogP contribution < -0.4 is 10.6 Å². The number of thiophene rings is 1. The van der Waals surface area contributed by atoms with Crippen LogP contribution in [0.5, 0.6) is 0 Å². The number of aryl methyl sites for hydroxylation is 1. The van der Waals surface area contributed by atoms with E-state index in [-0.39, 0.29) is 6.04 Å². The predicted octanol–water partition coefficient (Wildman–Crippen LogP) is 2.43. The van der Waals surface area contributed by atoms with E-state index in [4.69, 9.17) is 5.73 Å². The molecule has 2 aromatic heterocycles. The van der Waals surface area contributed by atoms with Crippen LogP contribution in [0.2, 0.25) is 0 Å². The predicted molar refractivity (Wildman–Crippen MR) is 78.3 cm³/mol. The van der Waals surface area contributed by atoms with Gasteiger partial charge in [0.25, 0.3) is 0 Å². The van der Waals surface area contributed by atoms with Crippen LogP contribution in [0, 0.1) is 0 Å². The minimum Gasteiger partial charge on any atom is -0.359 e. The Morgan fingerprint density at radius 1 is 1.44 bits per heavy atom. The van der Waals surface area contributed by atoms with Gasteiger partial charge in [0.1, 0.15) is 17.0 Å². The third-order valence-electron chi connectivity index (χ3n) is 2.99. The maximum atomic E-state index is 5.80. The van der Waals surface area contributed by atoms with Gasteiger partial charge in [-0.05, 0) is 25.8 Å². The molecule has 0 aliphatic heterocycles. The van der Waals surface area contributed by atoms with Gasteiger partial charge in [-0.3, -0.25) is 0 Å². The monoisotopic (exact) mass is 264 g/mol. The van der Waals surface area contributed by atoms with Crippen LogP contribution in [0.1, 0.15) is 25.1 Å². The molecule has 0 spiro atoms. The average Bonchev–Trinajstić information content (AvgIpc) is 2.78. The molecule has 5 heteroatoms. The summed E-state index contributed by atoms with van der Waals surface area (Å²) in [5.74, 6) is 1.01. The van der Waals surface area contributed by atoms with Gasteiger partial charge in [-0.2, -0.15) is 0 Å². The molecule has 18 heavy (non-hydrogen) atoms. The summed E-state index contributed by atoms with van der Waals surface area (Å²) in [5.41, 5.74) is 5.80. The van der Waals surface area contributed by atoms with Crippen LogP contribution in [0.3, 0.4) is 0 Å². The van der Waals surface area contributed by atoms with Crippen molar-refractivity contribution < 1.29 is 0 Å². The van der Waals surface area contributed by atoms with Crippen molar-refractivity contribution in [2.24, 2.45) is 5.73 Å². The summed E-state index contributed by atoms with van der Waals surface area (Å²) in [5, 5.41) is 1.16. The second-order valence-electron chi connectivity index (χ2n) is 4.67. The molecule has 0 aliphatic rings. The third kappa shape index (κ3) is 2.79. The highest BCUT2D eigenvalue weighted by molar-refractivity contribution is 7.18. The molecule has 0 fully saturated rings. The number of nitrogens with zero attached hydrogens (tertiary/aromatic N) is 3. The highest BCUT2D eigenvalue weighted by atomic mass is 32.1. The lowest BCUT2D eigenvalue weighted by Gasteiger charge is -2.19. The van der Waals surface area contributed by atoms with Crippen molar-refractivity contribution in [2.75, 3.05) is 18.5 Å². The Labute approximate surface area is 112 Å². The van der Waals surface area contributed by atoms with E-state index in [1.807, 2.05) is 6.92 Å². The lowest BCUT2D eigenvalue weighted by atomic mass is 10.2. The summed E-state index contributed by atoms with van der Waals surface area (Å²) in [6, 6.07) is 2.43. The molecular formula is C13H20N4S. The van der Waals surface area contributed by atoms with Gasteiger partial charge < -0.3 is 10.6 Å². The molecule has 0 radical (unpaired) electrons. The number of hydrogen-bond donors (Lipinski definition) is 1. The zero-order valence-electron chi connectivity index (χ0n) is 11.2. The molecule has 2 aromatic rings. The maximum absolute atomic E-state index is 5.80. The first-order chi connectivity index (χ1) is 8.61. The van der Waals surface area contributed by atoms with Gasteiger partial charge >= 0.3 is 0 Å². The van der Waals surface area contributed by atoms with Crippen LogP contribution in [-0.2, 0) is 6.42 Å². The van der Waals surface area contributed by atoms with Crippen molar-refractivity contribution in [3.8, 4) is 0 Å². The fourth-order valence-corrected chi connectivity index (χ4v) is 2.80. The van der Waals surface area contributed by atoms with Crippen LogP contribution in [0.4, 0.5) is 5.82 Å². The molecule has 2 rings (SSSR count). The van der Waals surface area contributed by atoms with Gasteiger partial charge in [0, 0.05) is 24.5 Å². The first-order valence-corrected chi connectivity index (χ1v) is 7.13. The molecule has 4 nitrogen and oxygen atoms in total. The minimum absolute atomic E-state index is 0.221. The Morgan fingerprint density at radius 2 is 2.22 bits per heavy atom. The van der Waals surface area contributed by atoms with Crippen molar-refractivity contribution in [3.05, 3.63) is 17.3 Å². The summed E-state index contributed by atoms with van der Waals surface area (Å²) in [6.07, 6.45) is 3.66. The van der Waals surface area contributed by atoms with E-state index < -0.39 is 0 Å². The summed E-state index contributed by atoms with van der Waals surface area (Å²) in [7, 11) is 2.06. The number of hydrogen-bond acceptors (Lipinski definition) is 5. The topological polar surface area (TPSA) is 55.0 Å². The Kier molecular flexibility index (Phi) is 4.14. The van der Waals surface area contributed by atoms with Gasteiger partial charge in [0.15, 0.2) is 0 Å². The smallest absolute Gasteiger partial charge is 0.140 e. The van der Waals surface area contributed by atoms with E-state index >= 15 is 0 Å². The number of anilines is 1. The number of aromatic nitrogens is 2. The Bertz CT molecular complexity index is 521. The normalized spacial score (nSPS) is 12.9. The molecule has 0 amide bonds. The summed E-state index contributed by atoms with van der Waals surface area (Å²) in [4.78, 5) is 13.4. The molecule has 1 atom stereocenters. The van der Waals surface area contributed by atoms with Crippen molar-refractivity contribution in [1.82, 2.24) is 9.97 Å². The van der Waals surface area contributed by atoms with E-state index in [1.165, 1.54) is 4.88 Å². The number of fused-ring (bicyclic) bond motifs is 1. The van der Waals surface area contributed by atoms with Gasteiger partial charge in [-0.1, -0.05) is 6.92 Å². The zero-order valence-corrected chi connectivity index (χ0v) is 12.0. The second-order valence-corrected chi connectivity index (χ2v) is 5.79. The van der Waals surface area contributed by atoms with E-state index in [0.717, 1.165) is 35.4 Å². The fraction of sp³-hybridized carbons (Fsp3) is 0.538. The van der Waals surface area contributed by atoms with Gasteiger partial charge in [-0.25, -0.2) is 9.97 Å². The Balaban J connectivity index is 2.29. The fourth-order valence-electron chi connectivity index (χ4n) is 1.87. The lowest BCUT2D eigenvalue weighted by molar-refractivity contribution is 0.657. The number of rotatable bonds is 5. The molecule has 2 heterocycles. The van der Waals surface area contributed by atoms with Crippen LogP contribution in [0.15, 0.2) is 12.4 Å². The molecule has 0 aromatic carbocycles. The molecule has 0 saturated carbocycles. The SMILES string of the molecule is CCc1cc2c(N(C)CCC(C)N)ncnc2s1. The highest BCUT2D eigenvalue weighted by Gasteiger charge is 2.11. The van der Waals surface area contributed by atoms with Gasteiger partial charge in [0.2, 0.25) is 0 Å². The standard InChI is InChI=1S/C13H20N4S/c1-4-10-7-11-12(15-8-16-13(11)18-10)17(3)6-5-9(2)14/h7-9H,4-6,14H2,1-3H3. The molecule has 0 bridgehead atoms. The quantitative estimate of drug-likeness (QED) is 0.901. The lowest BCUT2D eigenvalue weighted by Crippen LogP contribution is -2.26. The summed E-state index contributed by atoms with van der Waals surface area (Å²) in [6.45, 7) is 5.11. The van der Waals surface area contributed by atoms with Crippen LogP contribution in [-0.4, -0.2) is 29.6 Å². The second kappa shape index (κ2) is 5.63. The van der Waals surface area contributed by atoms with Crippen molar-refractivity contribution in [3.63, 3.8) is 0 Å². The van der Waals surface area contributed by atoms with Crippen molar-refractivity contribution in [2.45, 2.75) is 32.7 Å². The molecule has 2 N–H and O–H groups in total. The molecule has 1 unspecified atom stereocenters.